The molecule has 0 aliphatic heterocycles. The van der Waals surface area contributed by atoms with Gasteiger partial charge in [-0.2, -0.15) is 0 Å². The fraction of sp³-hybridized carbons (Fsp3) is 0.500. The molecule has 1 aromatic rings. The van der Waals surface area contributed by atoms with Gasteiger partial charge in [0.05, 0.1) is 0 Å². The molecule has 1 heterocycles. The molecule has 0 unspecified atom stereocenters. The predicted octanol–water partition coefficient (Wildman–Crippen LogP) is 1.17. The second-order valence-corrected chi connectivity index (χ2v) is 4.96. The molecule has 1 aromatic heterocycles. The topological polar surface area (TPSA) is 98.0 Å². The molecular weight excluding hydrogens is 254 g/mol. The summed E-state index contributed by atoms with van der Waals surface area (Å²) in [5.41, 5.74) is -0.672. The Morgan fingerprint density at radius 2 is 1.89 bits per heavy atom. The van der Waals surface area contributed by atoms with E-state index in [4.69, 9.17) is 4.74 Å². The van der Waals surface area contributed by atoms with Gasteiger partial charge in [-0.15, -0.1) is 0 Å². The number of hydrogen-bond donors (Lipinski definition) is 2. The zero-order valence-corrected chi connectivity index (χ0v) is 11.3. The van der Waals surface area contributed by atoms with Crippen LogP contribution < -0.4 is 4.74 Å². The first-order valence-corrected chi connectivity index (χ1v) is 5.62. The van der Waals surface area contributed by atoms with E-state index < -0.39 is 35.8 Å². The predicted molar refractivity (Wildman–Crippen MR) is 64.9 cm³/mol. The number of ether oxygens (including phenoxy) is 2. The fourth-order valence-corrected chi connectivity index (χ4v) is 1.39. The number of hydrogen-bond acceptors (Lipinski definition) is 6. The molecule has 0 spiro atoms. The summed E-state index contributed by atoms with van der Waals surface area (Å²) in [4.78, 5) is 22.4. The van der Waals surface area contributed by atoms with Crippen molar-refractivity contribution >= 4 is 11.9 Å². The minimum Gasteiger partial charge on any atom is -0.494 e. The van der Waals surface area contributed by atoms with Gasteiger partial charge in [-0.1, -0.05) is 0 Å². The molecule has 0 radical (unpaired) electrons. The summed E-state index contributed by atoms with van der Waals surface area (Å²) in [6, 6.07) is 1.04. The summed E-state index contributed by atoms with van der Waals surface area (Å²) in [7, 11) is 0. The van der Waals surface area contributed by atoms with E-state index in [1.165, 1.54) is 0 Å². The average Bonchev–Trinajstić information content (AvgIpc) is 2.42. The summed E-state index contributed by atoms with van der Waals surface area (Å²) in [5, 5.41) is 19.3. The number of rotatable bonds is 3. The Labute approximate surface area is 110 Å². The van der Waals surface area contributed by atoms with Gasteiger partial charge in [0.1, 0.15) is 12.1 Å². The monoisotopic (exact) mass is 271 g/mol. The summed E-state index contributed by atoms with van der Waals surface area (Å²) in [6.45, 7) is 5.86. The second kappa shape index (κ2) is 5.21. The van der Waals surface area contributed by atoms with E-state index in [2.05, 4.69) is 4.74 Å². The number of aromatic nitrogens is 1. The van der Waals surface area contributed by atoms with Crippen molar-refractivity contribution in [2.75, 3.05) is 0 Å². The maximum atomic E-state index is 11.6. The van der Waals surface area contributed by atoms with Crippen LogP contribution >= 0.6 is 0 Å². The van der Waals surface area contributed by atoms with Crippen molar-refractivity contribution in [3.8, 4) is 17.5 Å². The van der Waals surface area contributed by atoms with Crippen LogP contribution in [0.15, 0.2) is 6.07 Å². The highest BCUT2D eigenvalue weighted by Crippen LogP contribution is 2.34. The molecule has 7 nitrogen and oxygen atoms in total. The van der Waals surface area contributed by atoms with Crippen LogP contribution in [0.1, 0.15) is 27.7 Å². The molecule has 0 atom stereocenters. The quantitative estimate of drug-likeness (QED) is 0.801. The third-order valence-corrected chi connectivity index (χ3v) is 1.97. The molecule has 0 amide bonds. The summed E-state index contributed by atoms with van der Waals surface area (Å²) in [5.74, 6) is -2.42. The Balaban J connectivity index is 2.87. The lowest BCUT2D eigenvalue weighted by atomic mass is 10.2. The number of nitrogens with zero attached hydrogens (tertiary/aromatic N) is 1. The molecule has 19 heavy (non-hydrogen) atoms. The van der Waals surface area contributed by atoms with Crippen LogP contribution in [0.25, 0.3) is 0 Å². The molecule has 0 aliphatic carbocycles. The summed E-state index contributed by atoms with van der Waals surface area (Å²) in [6.07, 6.45) is 0. The highest BCUT2D eigenvalue weighted by Gasteiger charge is 2.22. The number of aromatic hydroxyl groups is 2. The van der Waals surface area contributed by atoms with Crippen LogP contribution in [0.5, 0.6) is 17.5 Å². The first kappa shape index (κ1) is 14.9. The van der Waals surface area contributed by atoms with Crippen molar-refractivity contribution < 1.29 is 29.3 Å². The van der Waals surface area contributed by atoms with Crippen LogP contribution in [0, 0.1) is 0 Å². The van der Waals surface area contributed by atoms with Gasteiger partial charge in [-0.3, -0.25) is 14.2 Å². The van der Waals surface area contributed by atoms with Crippen LogP contribution in [0.2, 0.25) is 0 Å². The Morgan fingerprint density at radius 3 is 2.37 bits per heavy atom. The third-order valence-electron chi connectivity index (χ3n) is 1.97. The third kappa shape index (κ3) is 4.20. The van der Waals surface area contributed by atoms with Gasteiger partial charge < -0.3 is 19.7 Å². The van der Waals surface area contributed by atoms with Crippen LogP contribution in [-0.2, 0) is 20.9 Å². The van der Waals surface area contributed by atoms with Crippen molar-refractivity contribution in [2.24, 2.45) is 0 Å². The zero-order chi connectivity index (χ0) is 14.8. The van der Waals surface area contributed by atoms with E-state index in [-0.39, 0.29) is 5.75 Å². The Morgan fingerprint density at radius 1 is 1.32 bits per heavy atom. The smallest absolute Gasteiger partial charge is 0.326 e. The molecule has 0 bridgehead atoms. The zero-order valence-electron chi connectivity index (χ0n) is 11.3. The van der Waals surface area contributed by atoms with E-state index in [1.807, 2.05) is 0 Å². The van der Waals surface area contributed by atoms with Gasteiger partial charge in [0.25, 0.3) is 0 Å². The molecule has 0 aromatic carbocycles. The van der Waals surface area contributed by atoms with Gasteiger partial charge in [-0.25, -0.2) is 0 Å². The van der Waals surface area contributed by atoms with Crippen molar-refractivity contribution in [3.63, 3.8) is 0 Å². The fourth-order valence-electron chi connectivity index (χ4n) is 1.39. The molecule has 0 aliphatic rings. The van der Waals surface area contributed by atoms with Crippen LogP contribution in [0.4, 0.5) is 0 Å². The standard InChI is InChI=1S/C12H17NO6/c1-7(14)18-8-5-9(15)13(11(8)17)6-10(16)19-12(2,3)4/h5,15,17H,6H2,1-4H3. The van der Waals surface area contributed by atoms with E-state index in [1.54, 1.807) is 20.8 Å². The van der Waals surface area contributed by atoms with Gasteiger partial charge in [0, 0.05) is 13.0 Å². The number of carbonyl (C=O) groups is 2. The lowest BCUT2D eigenvalue weighted by Crippen LogP contribution is -2.26. The van der Waals surface area contributed by atoms with E-state index in [0.29, 0.717) is 0 Å². The van der Waals surface area contributed by atoms with Crippen molar-refractivity contribution in [2.45, 2.75) is 39.8 Å². The molecule has 7 heteroatoms. The maximum Gasteiger partial charge on any atom is 0.326 e. The number of esters is 2. The molecule has 0 fully saturated rings. The number of carbonyl (C=O) groups excluding carboxylic acids is 2. The van der Waals surface area contributed by atoms with Gasteiger partial charge in [0.2, 0.25) is 5.88 Å². The lowest BCUT2D eigenvalue weighted by Gasteiger charge is -2.19. The van der Waals surface area contributed by atoms with Crippen LogP contribution in [0.3, 0.4) is 0 Å². The Kier molecular flexibility index (Phi) is 4.08. The minimum absolute atomic E-state index is 0.214. The van der Waals surface area contributed by atoms with Gasteiger partial charge in [-0.05, 0) is 20.8 Å². The van der Waals surface area contributed by atoms with Crippen molar-refractivity contribution in [1.82, 2.24) is 4.57 Å². The first-order chi connectivity index (χ1) is 8.60. The van der Waals surface area contributed by atoms with E-state index >= 15 is 0 Å². The SMILES string of the molecule is CC(=O)Oc1cc(O)n(CC(=O)OC(C)(C)C)c1O. The highest BCUT2D eigenvalue weighted by molar-refractivity contribution is 5.72. The lowest BCUT2D eigenvalue weighted by molar-refractivity contribution is -0.155. The molecule has 2 N–H and O–H groups in total. The normalized spacial score (nSPS) is 11.2. The van der Waals surface area contributed by atoms with E-state index in [0.717, 1.165) is 17.6 Å². The van der Waals surface area contributed by atoms with Crippen LogP contribution in [-0.4, -0.2) is 32.3 Å². The minimum atomic E-state index is -0.672. The largest absolute Gasteiger partial charge is 0.494 e. The first-order valence-electron chi connectivity index (χ1n) is 5.62. The Bertz CT molecular complexity index is 497. The average molecular weight is 271 g/mol. The maximum absolute atomic E-state index is 11.6. The van der Waals surface area contributed by atoms with Gasteiger partial charge in [0.15, 0.2) is 11.6 Å². The summed E-state index contributed by atoms with van der Waals surface area (Å²) < 4.78 is 10.6. The Hall–Kier alpha value is -2.18. The summed E-state index contributed by atoms with van der Waals surface area (Å²) >= 11 is 0. The second-order valence-electron chi connectivity index (χ2n) is 4.96. The van der Waals surface area contributed by atoms with Gasteiger partial charge >= 0.3 is 11.9 Å². The molecular formula is C12H17NO6. The molecule has 0 saturated carbocycles. The van der Waals surface area contributed by atoms with Crippen molar-refractivity contribution in [1.29, 1.82) is 0 Å². The molecule has 1 rings (SSSR count). The molecule has 0 saturated heterocycles. The molecule has 106 valence electrons. The van der Waals surface area contributed by atoms with E-state index in [9.17, 15) is 19.8 Å². The van der Waals surface area contributed by atoms with Crippen molar-refractivity contribution in [3.05, 3.63) is 6.07 Å². The highest BCUT2D eigenvalue weighted by atomic mass is 16.6.